The molecule has 26 heavy (non-hydrogen) atoms. The summed E-state index contributed by atoms with van der Waals surface area (Å²) in [5, 5.41) is 11.5. The number of carboxylic acids is 1. The number of aliphatic carboxylic acids is 1. The zero-order valence-corrected chi connectivity index (χ0v) is 14.1. The average molecular weight is 356 g/mol. The predicted molar refractivity (Wildman–Crippen MR) is 95.6 cm³/mol. The average Bonchev–Trinajstić information content (AvgIpc) is 2.64. The number of Topliss-reactive ketones (excluding diaryl/α,β-unsaturated/α-hetero) is 1. The molecule has 0 spiro atoms. The van der Waals surface area contributed by atoms with E-state index in [4.69, 9.17) is 10.5 Å². The van der Waals surface area contributed by atoms with Gasteiger partial charge in [-0.2, -0.15) is 0 Å². The van der Waals surface area contributed by atoms with Crippen LogP contribution in [0.4, 0.5) is 10.5 Å². The molecule has 0 aromatic heterocycles. The Balaban J connectivity index is 1.84. The topological polar surface area (TPSA) is 119 Å². The van der Waals surface area contributed by atoms with E-state index in [0.717, 1.165) is 5.56 Å². The number of rotatable bonds is 8. The fourth-order valence-electron chi connectivity index (χ4n) is 2.25. The van der Waals surface area contributed by atoms with Crippen molar-refractivity contribution in [3.8, 4) is 0 Å². The van der Waals surface area contributed by atoms with Crippen molar-refractivity contribution in [3.05, 3.63) is 65.7 Å². The van der Waals surface area contributed by atoms with Crippen molar-refractivity contribution < 1.29 is 24.2 Å². The molecule has 0 radical (unpaired) electrons. The van der Waals surface area contributed by atoms with Crippen LogP contribution in [0, 0.1) is 0 Å². The van der Waals surface area contributed by atoms with E-state index >= 15 is 0 Å². The highest BCUT2D eigenvalue weighted by Gasteiger charge is 2.22. The van der Waals surface area contributed by atoms with Crippen LogP contribution < -0.4 is 11.1 Å². The van der Waals surface area contributed by atoms with Crippen LogP contribution in [0.25, 0.3) is 0 Å². The van der Waals surface area contributed by atoms with E-state index in [1.165, 1.54) is 0 Å². The Morgan fingerprint density at radius 3 is 2.31 bits per heavy atom. The predicted octanol–water partition coefficient (Wildman–Crippen LogP) is 2.61. The fraction of sp³-hybridized carbons (Fsp3) is 0.211. The molecule has 0 fully saturated rings. The Morgan fingerprint density at radius 1 is 1.04 bits per heavy atom. The largest absolute Gasteiger partial charge is 0.480 e. The Labute approximate surface area is 150 Å². The standard InChI is InChI=1S/C19H20N2O5/c20-15-8-6-14(7-9-15)17(22)11-10-16(18(23)24)21-19(25)26-12-13-4-2-1-3-5-13/h1-9,16H,10-12,20H2,(H,21,25)(H,23,24). The van der Waals surface area contributed by atoms with Gasteiger partial charge in [-0.15, -0.1) is 0 Å². The van der Waals surface area contributed by atoms with Gasteiger partial charge >= 0.3 is 12.1 Å². The number of benzene rings is 2. The van der Waals surface area contributed by atoms with Crippen LogP contribution in [0.15, 0.2) is 54.6 Å². The van der Waals surface area contributed by atoms with E-state index in [1.54, 1.807) is 48.5 Å². The summed E-state index contributed by atoms with van der Waals surface area (Å²) >= 11 is 0. The second kappa shape index (κ2) is 9.22. The maximum absolute atomic E-state index is 12.1. The van der Waals surface area contributed by atoms with Crippen molar-refractivity contribution in [1.82, 2.24) is 5.32 Å². The van der Waals surface area contributed by atoms with Gasteiger partial charge in [-0.05, 0) is 36.2 Å². The molecule has 0 saturated carbocycles. The third-order valence-electron chi connectivity index (χ3n) is 3.70. The number of nitrogens with two attached hydrogens (primary N) is 1. The monoisotopic (exact) mass is 356 g/mol. The normalized spacial score (nSPS) is 11.4. The van der Waals surface area contributed by atoms with Crippen LogP contribution in [0.2, 0.25) is 0 Å². The van der Waals surface area contributed by atoms with E-state index in [-0.39, 0.29) is 25.2 Å². The van der Waals surface area contributed by atoms with Crippen molar-refractivity contribution >= 4 is 23.5 Å². The Hall–Kier alpha value is -3.35. The van der Waals surface area contributed by atoms with Gasteiger partial charge in [0.25, 0.3) is 0 Å². The first kappa shape index (κ1) is 19.0. The third kappa shape index (κ3) is 5.94. The summed E-state index contributed by atoms with van der Waals surface area (Å²) in [4.78, 5) is 35.2. The Kier molecular flexibility index (Phi) is 6.73. The van der Waals surface area contributed by atoms with Crippen LogP contribution in [0.5, 0.6) is 0 Å². The fourth-order valence-corrected chi connectivity index (χ4v) is 2.25. The van der Waals surface area contributed by atoms with Gasteiger partial charge in [-0.1, -0.05) is 30.3 Å². The first-order chi connectivity index (χ1) is 12.5. The van der Waals surface area contributed by atoms with Gasteiger partial charge in [0.1, 0.15) is 12.6 Å². The molecular formula is C19H20N2O5. The number of alkyl carbamates (subject to hydrolysis) is 1. The lowest BCUT2D eigenvalue weighted by Crippen LogP contribution is -2.41. The molecule has 1 unspecified atom stereocenters. The number of amides is 1. The second-order valence-electron chi connectivity index (χ2n) is 5.68. The lowest BCUT2D eigenvalue weighted by molar-refractivity contribution is -0.139. The number of nitrogen functional groups attached to an aromatic ring is 1. The number of ether oxygens (including phenoxy) is 1. The summed E-state index contributed by atoms with van der Waals surface area (Å²) in [7, 11) is 0. The second-order valence-corrected chi connectivity index (χ2v) is 5.68. The van der Waals surface area contributed by atoms with E-state index in [2.05, 4.69) is 5.32 Å². The summed E-state index contributed by atoms with van der Waals surface area (Å²) in [5.74, 6) is -1.46. The van der Waals surface area contributed by atoms with Crippen LogP contribution in [-0.4, -0.2) is 29.0 Å². The van der Waals surface area contributed by atoms with Gasteiger partial charge in [0.05, 0.1) is 0 Å². The molecule has 7 heteroatoms. The van der Waals surface area contributed by atoms with Crippen molar-refractivity contribution in [2.75, 3.05) is 5.73 Å². The zero-order chi connectivity index (χ0) is 18.9. The highest BCUT2D eigenvalue weighted by molar-refractivity contribution is 5.96. The maximum Gasteiger partial charge on any atom is 0.408 e. The molecule has 2 aromatic carbocycles. The van der Waals surface area contributed by atoms with Gasteiger partial charge in [0.2, 0.25) is 0 Å². The quantitative estimate of drug-likeness (QED) is 0.494. The molecule has 0 saturated heterocycles. The minimum atomic E-state index is -1.23. The smallest absolute Gasteiger partial charge is 0.408 e. The van der Waals surface area contributed by atoms with E-state index < -0.39 is 18.1 Å². The Bertz CT molecular complexity index is 759. The summed E-state index contributed by atoms with van der Waals surface area (Å²) in [6, 6.07) is 14.2. The zero-order valence-electron chi connectivity index (χ0n) is 14.1. The number of carbonyl (C=O) groups is 3. The van der Waals surface area contributed by atoms with E-state index in [0.29, 0.717) is 11.3 Å². The first-order valence-corrected chi connectivity index (χ1v) is 8.04. The highest BCUT2D eigenvalue weighted by atomic mass is 16.5. The number of nitrogens with one attached hydrogen (secondary N) is 1. The molecule has 2 aromatic rings. The van der Waals surface area contributed by atoms with Crippen molar-refractivity contribution in [3.63, 3.8) is 0 Å². The van der Waals surface area contributed by atoms with Crippen LogP contribution in [0.3, 0.4) is 0 Å². The summed E-state index contributed by atoms with van der Waals surface area (Å²) in [6.45, 7) is 0.0311. The van der Waals surface area contributed by atoms with Gasteiger partial charge in [0.15, 0.2) is 5.78 Å². The number of hydrogen-bond acceptors (Lipinski definition) is 5. The Morgan fingerprint density at radius 2 is 1.69 bits per heavy atom. The number of ketones is 1. The van der Waals surface area contributed by atoms with Crippen molar-refractivity contribution in [2.45, 2.75) is 25.5 Å². The number of carboxylic acid groups (broad SMARTS) is 1. The van der Waals surface area contributed by atoms with Gasteiger partial charge < -0.3 is 20.9 Å². The molecule has 0 heterocycles. The number of carbonyl (C=O) groups excluding carboxylic acids is 2. The molecule has 1 atom stereocenters. The lowest BCUT2D eigenvalue weighted by Gasteiger charge is -2.14. The van der Waals surface area contributed by atoms with E-state index in [1.807, 2.05) is 6.07 Å². The van der Waals surface area contributed by atoms with Crippen LogP contribution in [0.1, 0.15) is 28.8 Å². The van der Waals surface area contributed by atoms with Crippen molar-refractivity contribution in [2.24, 2.45) is 0 Å². The molecule has 136 valence electrons. The minimum Gasteiger partial charge on any atom is -0.480 e. The molecular weight excluding hydrogens is 336 g/mol. The molecule has 4 N–H and O–H groups in total. The molecule has 1 amide bonds. The molecule has 0 bridgehead atoms. The van der Waals surface area contributed by atoms with Crippen LogP contribution in [-0.2, 0) is 16.1 Å². The molecule has 2 rings (SSSR count). The summed E-state index contributed by atoms with van der Waals surface area (Å²) < 4.78 is 5.00. The SMILES string of the molecule is Nc1ccc(C(=O)CCC(NC(=O)OCc2ccccc2)C(=O)O)cc1. The molecule has 0 aliphatic rings. The molecule has 0 aliphatic heterocycles. The van der Waals surface area contributed by atoms with Gasteiger partial charge in [-0.3, -0.25) is 4.79 Å². The molecule has 7 nitrogen and oxygen atoms in total. The van der Waals surface area contributed by atoms with Gasteiger partial charge in [0, 0.05) is 17.7 Å². The van der Waals surface area contributed by atoms with Crippen molar-refractivity contribution in [1.29, 1.82) is 0 Å². The number of hydrogen-bond donors (Lipinski definition) is 3. The lowest BCUT2D eigenvalue weighted by atomic mass is 10.0. The maximum atomic E-state index is 12.1. The summed E-state index contributed by atoms with van der Waals surface area (Å²) in [5.41, 5.74) is 7.32. The molecule has 0 aliphatic carbocycles. The summed E-state index contributed by atoms with van der Waals surface area (Å²) in [6.07, 6.45) is -0.917. The first-order valence-electron chi connectivity index (χ1n) is 8.04. The third-order valence-corrected chi connectivity index (χ3v) is 3.70. The van der Waals surface area contributed by atoms with Crippen LogP contribution >= 0.6 is 0 Å². The highest BCUT2D eigenvalue weighted by Crippen LogP contribution is 2.11. The van der Waals surface area contributed by atoms with E-state index in [9.17, 15) is 19.5 Å². The van der Waals surface area contributed by atoms with Gasteiger partial charge in [-0.25, -0.2) is 9.59 Å². The number of anilines is 1. The minimum absolute atomic E-state index is 0.0279.